The molecule has 3 rings (SSSR count). The fourth-order valence-electron chi connectivity index (χ4n) is 3.78. The molecular weight excluding hydrogens is 230 g/mol. The van der Waals surface area contributed by atoms with Crippen LogP contribution < -0.4 is 0 Å². The molecule has 0 amide bonds. The molecule has 2 aliphatic rings. The minimum absolute atomic E-state index is 0.446. The van der Waals surface area contributed by atoms with Gasteiger partial charge in [-0.15, -0.1) is 0 Å². The molecule has 1 N–H and O–H groups in total. The van der Waals surface area contributed by atoms with Gasteiger partial charge in [0.1, 0.15) is 5.82 Å². The summed E-state index contributed by atoms with van der Waals surface area (Å²) in [7, 11) is 0. The van der Waals surface area contributed by atoms with Crippen LogP contribution in [0.3, 0.4) is 0 Å². The molecule has 3 nitrogen and oxygen atoms in total. The van der Waals surface area contributed by atoms with Gasteiger partial charge in [-0.25, -0.2) is 0 Å². The maximum absolute atomic E-state index is 5.36. The van der Waals surface area contributed by atoms with Crippen LogP contribution in [0.2, 0.25) is 0 Å². The fraction of sp³-hybridized carbons (Fsp3) is 0.846. The number of nitrogens with zero attached hydrogens (tertiary/aromatic N) is 2. The van der Waals surface area contributed by atoms with Crippen molar-refractivity contribution in [2.24, 2.45) is 17.8 Å². The largest absolute Gasteiger partial charge is 0.304 e. The molecule has 2 saturated carbocycles. The van der Waals surface area contributed by atoms with E-state index in [1.165, 1.54) is 25.7 Å². The summed E-state index contributed by atoms with van der Waals surface area (Å²) >= 11 is 5.36. The monoisotopic (exact) mass is 251 g/mol. The van der Waals surface area contributed by atoms with E-state index in [4.69, 9.17) is 12.2 Å². The Morgan fingerprint density at radius 1 is 1.41 bits per heavy atom. The Bertz CT molecular complexity index is 459. The van der Waals surface area contributed by atoms with E-state index >= 15 is 0 Å². The van der Waals surface area contributed by atoms with Crippen LogP contribution in [0.5, 0.6) is 0 Å². The zero-order valence-corrected chi connectivity index (χ0v) is 11.5. The van der Waals surface area contributed by atoms with Gasteiger partial charge in [-0.2, -0.15) is 5.10 Å². The van der Waals surface area contributed by atoms with Crippen molar-refractivity contribution in [1.29, 1.82) is 0 Å². The van der Waals surface area contributed by atoms with Crippen LogP contribution in [-0.2, 0) is 6.54 Å². The third-order valence-electron chi connectivity index (χ3n) is 4.61. The average molecular weight is 251 g/mol. The van der Waals surface area contributed by atoms with Crippen LogP contribution in [0.1, 0.15) is 51.3 Å². The zero-order chi connectivity index (χ0) is 12.0. The van der Waals surface area contributed by atoms with Crippen molar-refractivity contribution in [2.45, 2.75) is 52.0 Å². The molecule has 2 aliphatic carbocycles. The van der Waals surface area contributed by atoms with Gasteiger partial charge in [-0.05, 0) is 49.2 Å². The molecule has 2 bridgehead atoms. The van der Waals surface area contributed by atoms with Crippen molar-refractivity contribution >= 4 is 12.2 Å². The first-order valence-corrected chi connectivity index (χ1v) is 7.21. The smallest absolute Gasteiger partial charge is 0.195 e. The highest BCUT2D eigenvalue weighted by molar-refractivity contribution is 7.71. The van der Waals surface area contributed by atoms with Crippen molar-refractivity contribution in [2.75, 3.05) is 0 Å². The number of aromatic nitrogens is 3. The summed E-state index contributed by atoms with van der Waals surface area (Å²) in [5, 5.41) is 7.32. The highest BCUT2D eigenvalue weighted by atomic mass is 32.1. The lowest BCUT2D eigenvalue weighted by atomic mass is 9.89. The number of aromatic amines is 1. The van der Waals surface area contributed by atoms with Crippen molar-refractivity contribution in [3.8, 4) is 0 Å². The van der Waals surface area contributed by atoms with Crippen LogP contribution in [0.15, 0.2) is 0 Å². The molecule has 2 fully saturated rings. The van der Waals surface area contributed by atoms with E-state index < -0.39 is 0 Å². The lowest BCUT2D eigenvalue weighted by Crippen LogP contribution is -2.19. The summed E-state index contributed by atoms with van der Waals surface area (Å²) in [6.45, 7) is 5.45. The van der Waals surface area contributed by atoms with E-state index in [-0.39, 0.29) is 0 Å². The van der Waals surface area contributed by atoms with Crippen LogP contribution in [-0.4, -0.2) is 14.8 Å². The average Bonchev–Trinajstić information content (AvgIpc) is 2.95. The predicted molar refractivity (Wildman–Crippen MR) is 70.4 cm³/mol. The van der Waals surface area contributed by atoms with Gasteiger partial charge < -0.3 is 4.57 Å². The molecule has 1 heterocycles. The second-order valence-corrected chi connectivity index (χ2v) is 6.47. The van der Waals surface area contributed by atoms with E-state index in [0.717, 1.165) is 34.9 Å². The summed E-state index contributed by atoms with van der Waals surface area (Å²) in [5.41, 5.74) is 0. The lowest BCUT2D eigenvalue weighted by molar-refractivity contribution is 0.290. The predicted octanol–water partition coefficient (Wildman–Crippen LogP) is 3.50. The first-order valence-electron chi connectivity index (χ1n) is 6.80. The van der Waals surface area contributed by atoms with Gasteiger partial charge in [-0.1, -0.05) is 20.3 Å². The Labute approximate surface area is 108 Å². The molecule has 4 heteroatoms. The van der Waals surface area contributed by atoms with E-state index in [9.17, 15) is 0 Å². The van der Waals surface area contributed by atoms with Crippen molar-refractivity contribution in [3.63, 3.8) is 0 Å². The molecule has 3 atom stereocenters. The number of H-pyrrole nitrogens is 1. The van der Waals surface area contributed by atoms with E-state index in [0.29, 0.717) is 5.92 Å². The van der Waals surface area contributed by atoms with Gasteiger partial charge in [0.25, 0.3) is 0 Å². The molecule has 1 aromatic rings. The topological polar surface area (TPSA) is 33.6 Å². The highest BCUT2D eigenvalue weighted by Gasteiger charge is 2.39. The minimum Gasteiger partial charge on any atom is -0.304 e. The SMILES string of the molecule is CC(C)c1n[nH]c(=S)n1CC1CC2CCC1C2. The normalized spacial score (nSPS) is 31.6. The Kier molecular flexibility index (Phi) is 2.85. The molecular formula is C13H21N3S. The molecule has 94 valence electrons. The number of hydrogen-bond donors (Lipinski definition) is 1. The summed E-state index contributed by atoms with van der Waals surface area (Å²) in [4.78, 5) is 0. The summed E-state index contributed by atoms with van der Waals surface area (Å²) in [6.07, 6.45) is 5.79. The van der Waals surface area contributed by atoms with Crippen molar-refractivity contribution in [1.82, 2.24) is 14.8 Å². The van der Waals surface area contributed by atoms with E-state index in [1.807, 2.05) is 0 Å². The zero-order valence-electron chi connectivity index (χ0n) is 10.6. The standard InChI is InChI=1S/C13H21N3S/c1-8(2)12-14-15-13(17)16(12)7-11-6-9-3-4-10(11)5-9/h8-11H,3-7H2,1-2H3,(H,15,17). The second kappa shape index (κ2) is 4.23. The molecule has 0 spiro atoms. The molecule has 1 aromatic heterocycles. The van der Waals surface area contributed by atoms with Gasteiger partial charge >= 0.3 is 0 Å². The van der Waals surface area contributed by atoms with Gasteiger partial charge in [0.2, 0.25) is 0 Å². The van der Waals surface area contributed by atoms with E-state index in [2.05, 4.69) is 28.6 Å². The first-order chi connectivity index (χ1) is 8.15. The maximum atomic E-state index is 5.36. The van der Waals surface area contributed by atoms with Gasteiger partial charge in [0.15, 0.2) is 4.77 Å². The van der Waals surface area contributed by atoms with Crippen LogP contribution in [0.25, 0.3) is 0 Å². The Hall–Kier alpha value is -0.640. The number of fused-ring (bicyclic) bond motifs is 2. The third-order valence-corrected chi connectivity index (χ3v) is 4.92. The van der Waals surface area contributed by atoms with Gasteiger partial charge in [-0.3, -0.25) is 5.10 Å². The summed E-state index contributed by atoms with van der Waals surface area (Å²) in [6, 6.07) is 0. The third kappa shape index (κ3) is 1.96. The molecule has 17 heavy (non-hydrogen) atoms. The lowest BCUT2D eigenvalue weighted by Gasteiger charge is -2.23. The van der Waals surface area contributed by atoms with Gasteiger partial charge in [0, 0.05) is 12.5 Å². The summed E-state index contributed by atoms with van der Waals surface area (Å²) < 4.78 is 3.04. The van der Waals surface area contributed by atoms with Crippen LogP contribution >= 0.6 is 12.2 Å². The molecule has 0 aliphatic heterocycles. The van der Waals surface area contributed by atoms with Crippen molar-refractivity contribution in [3.05, 3.63) is 10.6 Å². The molecule has 0 radical (unpaired) electrons. The quantitative estimate of drug-likeness (QED) is 0.834. The van der Waals surface area contributed by atoms with Crippen LogP contribution in [0.4, 0.5) is 0 Å². The minimum atomic E-state index is 0.446. The van der Waals surface area contributed by atoms with Gasteiger partial charge in [0.05, 0.1) is 0 Å². The Balaban J connectivity index is 1.81. The van der Waals surface area contributed by atoms with E-state index in [1.54, 1.807) is 0 Å². The fourth-order valence-corrected chi connectivity index (χ4v) is 4.00. The number of rotatable bonds is 3. The molecule has 3 unspecified atom stereocenters. The first kappa shape index (κ1) is 11.5. The number of hydrogen-bond acceptors (Lipinski definition) is 2. The second-order valence-electron chi connectivity index (χ2n) is 6.09. The Morgan fingerprint density at radius 2 is 2.24 bits per heavy atom. The molecule has 0 aromatic carbocycles. The maximum Gasteiger partial charge on any atom is 0.195 e. The Morgan fingerprint density at radius 3 is 2.82 bits per heavy atom. The van der Waals surface area contributed by atoms with Crippen LogP contribution in [0, 0.1) is 22.5 Å². The highest BCUT2D eigenvalue weighted by Crippen LogP contribution is 2.48. The molecule has 0 saturated heterocycles. The van der Waals surface area contributed by atoms with Crippen molar-refractivity contribution < 1.29 is 0 Å². The number of nitrogens with one attached hydrogen (secondary N) is 1. The summed E-state index contributed by atoms with van der Waals surface area (Å²) in [5.74, 6) is 4.38.